The molecule has 0 fully saturated rings. The molecule has 0 bridgehead atoms. The van der Waals surface area contributed by atoms with E-state index in [1.54, 1.807) is 0 Å². The molecule has 4 heteroatoms. The molecule has 0 saturated heterocycles. The number of hydrogen-bond acceptors (Lipinski definition) is 2. The van der Waals surface area contributed by atoms with Gasteiger partial charge in [0.25, 0.3) is 0 Å². The lowest BCUT2D eigenvalue weighted by Crippen LogP contribution is -2.35. The SMILES string of the molecule is CCn1ccnc1NC(C)(CC)CCCl. The molecule has 1 heterocycles. The zero-order valence-corrected chi connectivity index (χ0v) is 10.5. The highest BCUT2D eigenvalue weighted by molar-refractivity contribution is 6.17. The number of nitrogens with one attached hydrogen (secondary N) is 1. The largest absolute Gasteiger partial charge is 0.350 e. The molecule has 1 aromatic rings. The van der Waals surface area contributed by atoms with E-state index in [0.29, 0.717) is 5.88 Å². The van der Waals surface area contributed by atoms with Gasteiger partial charge in [-0.15, -0.1) is 11.6 Å². The number of aromatic nitrogens is 2. The van der Waals surface area contributed by atoms with E-state index in [0.717, 1.165) is 25.3 Å². The molecule has 0 radical (unpaired) electrons. The van der Waals surface area contributed by atoms with Crippen LogP contribution in [-0.2, 0) is 6.54 Å². The minimum absolute atomic E-state index is 0.0417. The monoisotopic (exact) mass is 229 g/mol. The molecule has 0 amide bonds. The van der Waals surface area contributed by atoms with Crippen molar-refractivity contribution in [2.24, 2.45) is 0 Å². The summed E-state index contributed by atoms with van der Waals surface area (Å²) in [4.78, 5) is 4.31. The van der Waals surface area contributed by atoms with Gasteiger partial charge < -0.3 is 9.88 Å². The summed E-state index contributed by atoms with van der Waals surface area (Å²) < 4.78 is 2.10. The molecule has 1 atom stereocenters. The lowest BCUT2D eigenvalue weighted by atomic mass is 9.96. The van der Waals surface area contributed by atoms with Gasteiger partial charge >= 0.3 is 0 Å². The van der Waals surface area contributed by atoms with Crippen LogP contribution in [0.2, 0.25) is 0 Å². The van der Waals surface area contributed by atoms with Crippen molar-refractivity contribution in [3.05, 3.63) is 12.4 Å². The third-order valence-corrected chi connectivity index (χ3v) is 3.09. The quantitative estimate of drug-likeness (QED) is 0.760. The first kappa shape index (κ1) is 12.4. The minimum Gasteiger partial charge on any atom is -0.350 e. The highest BCUT2D eigenvalue weighted by Crippen LogP contribution is 2.21. The molecular weight excluding hydrogens is 210 g/mol. The number of nitrogens with zero attached hydrogens (tertiary/aromatic N) is 2. The zero-order valence-electron chi connectivity index (χ0n) is 9.76. The van der Waals surface area contributed by atoms with Crippen molar-refractivity contribution in [1.29, 1.82) is 0 Å². The van der Waals surface area contributed by atoms with Crippen LogP contribution in [0.5, 0.6) is 0 Å². The second-order valence-corrected chi connectivity index (χ2v) is 4.39. The number of imidazole rings is 1. The fourth-order valence-corrected chi connectivity index (χ4v) is 1.91. The molecule has 0 spiro atoms. The first-order valence-electron chi connectivity index (χ1n) is 5.50. The Balaban J connectivity index is 2.74. The molecule has 0 aliphatic carbocycles. The van der Waals surface area contributed by atoms with E-state index in [2.05, 4.69) is 35.6 Å². The third kappa shape index (κ3) is 3.13. The van der Waals surface area contributed by atoms with Crippen LogP contribution in [0.4, 0.5) is 5.95 Å². The standard InChI is InChI=1S/C11H20ClN3/c1-4-11(3,6-7-12)14-10-13-8-9-15(10)5-2/h8-9H,4-7H2,1-3H3,(H,13,14). The average Bonchev–Trinajstić information content (AvgIpc) is 2.65. The van der Waals surface area contributed by atoms with Crippen LogP contribution in [-0.4, -0.2) is 21.0 Å². The highest BCUT2D eigenvalue weighted by Gasteiger charge is 2.22. The van der Waals surface area contributed by atoms with Gasteiger partial charge in [0.2, 0.25) is 5.95 Å². The van der Waals surface area contributed by atoms with Crippen LogP contribution in [0.1, 0.15) is 33.6 Å². The van der Waals surface area contributed by atoms with E-state index in [4.69, 9.17) is 11.6 Å². The molecule has 15 heavy (non-hydrogen) atoms. The predicted molar refractivity (Wildman–Crippen MR) is 65.6 cm³/mol. The number of alkyl halides is 1. The van der Waals surface area contributed by atoms with Crippen molar-refractivity contribution in [1.82, 2.24) is 9.55 Å². The van der Waals surface area contributed by atoms with Gasteiger partial charge in [0, 0.05) is 30.4 Å². The van der Waals surface area contributed by atoms with Crippen LogP contribution in [0.25, 0.3) is 0 Å². The van der Waals surface area contributed by atoms with Crippen molar-refractivity contribution >= 4 is 17.5 Å². The first-order chi connectivity index (χ1) is 7.15. The molecule has 0 aliphatic rings. The number of hydrogen-bond donors (Lipinski definition) is 1. The van der Waals surface area contributed by atoms with Crippen LogP contribution >= 0.6 is 11.6 Å². The van der Waals surface area contributed by atoms with E-state index >= 15 is 0 Å². The smallest absolute Gasteiger partial charge is 0.203 e. The number of aryl methyl sites for hydroxylation is 1. The maximum Gasteiger partial charge on any atom is 0.203 e. The fourth-order valence-electron chi connectivity index (χ4n) is 1.49. The van der Waals surface area contributed by atoms with Crippen LogP contribution < -0.4 is 5.32 Å². The molecule has 1 aromatic heterocycles. The third-order valence-electron chi connectivity index (χ3n) is 2.90. The Morgan fingerprint density at radius 2 is 2.27 bits per heavy atom. The number of halogens is 1. The normalized spacial score (nSPS) is 14.9. The lowest BCUT2D eigenvalue weighted by Gasteiger charge is -2.29. The van der Waals surface area contributed by atoms with Crippen molar-refractivity contribution in [2.45, 2.75) is 45.7 Å². The first-order valence-corrected chi connectivity index (χ1v) is 6.04. The second kappa shape index (κ2) is 5.40. The molecule has 3 nitrogen and oxygen atoms in total. The van der Waals surface area contributed by atoms with Gasteiger partial charge in [0.05, 0.1) is 0 Å². The van der Waals surface area contributed by atoms with Crippen molar-refractivity contribution in [3.63, 3.8) is 0 Å². The van der Waals surface area contributed by atoms with Crippen molar-refractivity contribution < 1.29 is 0 Å². The summed E-state index contributed by atoms with van der Waals surface area (Å²) >= 11 is 5.81. The molecular formula is C11H20ClN3. The molecule has 1 unspecified atom stereocenters. The molecule has 0 aromatic carbocycles. The van der Waals surface area contributed by atoms with Crippen LogP contribution in [0.3, 0.4) is 0 Å². The van der Waals surface area contributed by atoms with Crippen molar-refractivity contribution in [2.75, 3.05) is 11.2 Å². The maximum atomic E-state index is 5.81. The van der Waals surface area contributed by atoms with E-state index in [9.17, 15) is 0 Å². The van der Waals surface area contributed by atoms with Crippen LogP contribution in [0, 0.1) is 0 Å². The summed E-state index contributed by atoms with van der Waals surface area (Å²) in [6.07, 6.45) is 5.79. The number of anilines is 1. The van der Waals surface area contributed by atoms with E-state index in [-0.39, 0.29) is 5.54 Å². The Labute approximate surface area is 96.8 Å². The summed E-state index contributed by atoms with van der Waals surface area (Å²) in [5, 5.41) is 3.47. The Kier molecular flexibility index (Phi) is 4.45. The summed E-state index contributed by atoms with van der Waals surface area (Å²) in [6, 6.07) is 0. The van der Waals surface area contributed by atoms with Gasteiger partial charge in [-0.25, -0.2) is 4.98 Å². The van der Waals surface area contributed by atoms with E-state index in [1.807, 2.05) is 12.4 Å². The summed E-state index contributed by atoms with van der Waals surface area (Å²) in [5.41, 5.74) is 0.0417. The average molecular weight is 230 g/mol. The molecule has 1 N–H and O–H groups in total. The van der Waals surface area contributed by atoms with Crippen molar-refractivity contribution in [3.8, 4) is 0 Å². The Hall–Kier alpha value is -0.700. The van der Waals surface area contributed by atoms with Gasteiger partial charge in [-0.1, -0.05) is 6.92 Å². The topological polar surface area (TPSA) is 29.9 Å². The van der Waals surface area contributed by atoms with Crippen LogP contribution in [0.15, 0.2) is 12.4 Å². The Morgan fingerprint density at radius 1 is 1.53 bits per heavy atom. The van der Waals surface area contributed by atoms with E-state index in [1.165, 1.54) is 0 Å². The minimum atomic E-state index is 0.0417. The van der Waals surface area contributed by atoms with E-state index < -0.39 is 0 Å². The molecule has 86 valence electrons. The highest BCUT2D eigenvalue weighted by atomic mass is 35.5. The van der Waals surface area contributed by atoms with Gasteiger partial charge in [-0.05, 0) is 26.7 Å². The molecule has 0 aliphatic heterocycles. The Morgan fingerprint density at radius 3 is 2.80 bits per heavy atom. The van der Waals surface area contributed by atoms with Gasteiger partial charge in [-0.2, -0.15) is 0 Å². The summed E-state index contributed by atoms with van der Waals surface area (Å²) in [6.45, 7) is 7.39. The summed E-state index contributed by atoms with van der Waals surface area (Å²) in [7, 11) is 0. The van der Waals surface area contributed by atoms with Gasteiger partial charge in [0.1, 0.15) is 0 Å². The predicted octanol–water partition coefficient (Wildman–Crippen LogP) is 3.11. The van der Waals surface area contributed by atoms with Gasteiger partial charge in [-0.3, -0.25) is 0 Å². The lowest BCUT2D eigenvalue weighted by molar-refractivity contribution is 0.473. The molecule has 1 rings (SSSR count). The van der Waals surface area contributed by atoms with Gasteiger partial charge in [0.15, 0.2) is 0 Å². The zero-order chi connectivity index (χ0) is 11.3. The summed E-state index contributed by atoms with van der Waals surface area (Å²) in [5.74, 6) is 1.61. The molecule has 0 saturated carbocycles. The number of rotatable bonds is 6. The maximum absolute atomic E-state index is 5.81. The second-order valence-electron chi connectivity index (χ2n) is 4.02. The Bertz CT molecular complexity index is 298. The fraction of sp³-hybridized carbons (Fsp3) is 0.727.